The first-order valence-corrected chi connectivity index (χ1v) is 7.72. The molecule has 0 aromatic heterocycles. The summed E-state index contributed by atoms with van der Waals surface area (Å²) < 4.78 is 26.6. The Morgan fingerprint density at radius 1 is 1.40 bits per heavy atom. The van der Waals surface area contributed by atoms with Crippen LogP contribution in [0.5, 0.6) is 0 Å². The summed E-state index contributed by atoms with van der Waals surface area (Å²) in [6.07, 6.45) is 0. The molecule has 2 N–H and O–H groups in total. The molecular weight excluding hydrogens is 306 g/mol. The molecule has 0 radical (unpaired) electrons. The largest absolute Gasteiger partial charge is 0.319 e. The molecule has 112 valence electrons. The summed E-state index contributed by atoms with van der Waals surface area (Å²) in [5.41, 5.74) is -0.321. The van der Waals surface area contributed by atoms with Crippen LogP contribution in [0.15, 0.2) is 23.1 Å². The standard InChI is InChI=1S/C11H16ClN3O4S/c1-8(6-13-2)7-14-20(18,19)11-5-9(15(16)17)3-4-10(11)12/h3-5,8,13-14H,6-7H2,1-2H3. The first-order valence-electron chi connectivity index (χ1n) is 5.86. The van der Waals surface area contributed by atoms with E-state index in [0.29, 0.717) is 6.54 Å². The maximum absolute atomic E-state index is 12.1. The predicted octanol–water partition coefficient (Wildman–Crippen LogP) is 1.38. The molecule has 0 heterocycles. The van der Waals surface area contributed by atoms with Crippen molar-refractivity contribution in [3.63, 3.8) is 0 Å². The normalized spacial score (nSPS) is 13.2. The van der Waals surface area contributed by atoms with Gasteiger partial charge in [-0.05, 0) is 25.6 Å². The second-order valence-corrected chi connectivity index (χ2v) is 6.53. The van der Waals surface area contributed by atoms with Crippen molar-refractivity contribution in [2.75, 3.05) is 20.1 Å². The molecule has 0 amide bonds. The van der Waals surface area contributed by atoms with Gasteiger partial charge in [-0.2, -0.15) is 0 Å². The van der Waals surface area contributed by atoms with Crippen LogP contribution in [0.3, 0.4) is 0 Å². The Kier molecular flexibility index (Phi) is 5.88. The highest BCUT2D eigenvalue weighted by Crippen LogP contribution is 2.25. The third-order valence-corrected chi connectivity index (χ3v) is 4.49. The maximum Gasteiger partial charge on any atom is 0.270 e. The van der Waals surface area contributed by atoms with Crippen molar-refractivity contribution in [2.45, 2.75) is 11.8 Å². The van der Waals surface area contributed by atoms with E-state index in [1.165, 1.54) is 6.07 Å². The van der Waals surface area contributed by atoms with Gasteiger partial charge in [0.15, 0.2) is 0 Å². The van der Waals surface area contributed by atoms with E-state index in [1.54, 1.807) is 7.05 Å². The quantitative estimate of drug-likeness (QED) is 0.583. The van der Waals surface area contributed by atoms with Crippen LogP contribution >= 0.6 is 11.6 Å². The van der Waals surface area contributed by atoms with Crippen molar-refractivity contribution in [1.82, 2.24) is 10.0 Å². The van der Waals surface area contributed by atoms with Crippen LogP contribution in [-0.2, 0) is 10.0 Å². The predicted molar refractivity (Wildman–Crippen MR) is 76.4 cm³/mol. The molecule has 9 heteroatoms. The smallest absolute Gasteiger partial charge is 0.270 e. The van der Waals surface area contributed by atoms with Crippen LogP contribution in [0.25, 0.3) is 0 Å². The van der Waals surface area contributed by atoms with E-state index in [2.05, 4.69) is 10.0 Å². The van der Waals surface area contributed by atoms with Gasteiger partial charge < -0.3 is 5.32 Å². The van der Waals surface area contributed by atoms with Crippen molar-refractivity contribution in [1.29, 1.82) is 0 Å². The summed E-state index contributed by atoms with van der Waals surface area (Å²) >= 11 is 5.81. The van der Waals surface area contributed by atoms with Gasteiger partial charge in [-0.1, -0.05) is 18.5 Å². The molecule has 0 bridgehead atoms. The van der Waals surface area contributed by atoms with Gasteiger partial charge in [0.05, 0.1) is 9.95 Å². The van der Waals surface area contributed by atoms with Gasteiger partial charge in [0, 0.05) is 18.7 Å². The van der Waals surface area contributed by atoms with E-state index in [1.807, 2.05) is 6.92 Å². The highest BCUT2D eigenvalue weighted by atomic mass is 35.5. The van der Waals surface area contributed by atoms with Crippen molar-refractivity contribution in [2.24, 2.45) is 5.92 Å². The number of non-ortho nitro benzene ring substituents is 1. The van der Waals surface area contributed by atoms with Crippen LogP contribution in [-0.4, -0.2) is 33.5 Å². The highest BCUT2D eigenvalue weighted by Gasteiger charge is 2.21. The number of nitrogens with zero attached hydrogens (tertiary/aromatic N) is 1. The van der Waals surface area contributed by atoms with Gasteiger partial charge >= 0.3 is 0 Å². The van der Waals surface area contributed by atoms with Crippen molar-refractivity contribution in [3.05, 3.63) is 33.3 Å². The monoisotopic (exact) mass is 321 g/mol. The summed E-state index contributed by atoms with van der Waals surface area (Å²) in [4.78, 5) is 9.73. The number of halogens is 1. The first kappa shape index (κ1) is 16.8. The highest BCUT2D eigenvalue weighted by molar-refractivity contribution is 7.89. The molecule has 1 aromatic rings. The van der Waals surface area contributed by atoms with Crippen LogP contribution in [0.4, 0.5) is 5.69 Å². The lowest BCUT2D eigenvalue weighted by molar-refractivity contribution is -0.385. The third kappa shape index (κ3) is 4.41. The van der Waals surface area contributed by atoms with Gasteiger partial charge in [-0.25, -0.2) is 13.1 Å². The fourth-order valence-electron chi connectivity index (χ4n) is 1.56. The number of nitro groups is 1. The molecule has 0 aliphatic heterocycles. The lowest BCUT2D eigenvalue weighted by atomic mass is 10.2. The lowest BCUT2D eigenvalue weighted by Gasteiger charge is -2.13. The maximum atomic E-state index is 12.1. The summed E-state index contributed by atoms with van der Waals surface area (Å²) in [5, 5.41) is 13.6. The number of nitrogens with one attached hydrogen (secondary N) is 2. The molecule has 0 fully saturated rings. The zero-order valence-electron chi connectivity index (χ0n) is 11.1. The number of sulfonamides is 1. The molecule has 1 atom stereocenters. The molecule has 0 aliphatic rings. The van der Waals surface area contributed by atoms with Crippen molar-refractivity contribution in [3.8, 4) is 0 Å². The fourth-order valence-corrected chi connectivity index (χ4v) is 3.24. The van der Waals surface area contributed by atoms with E-state index >= 15 is 0 Å². The van der Waals surface area contributed by atoms with Crippen molar-refractivity contribution >= 4 is 27.3 Å². The second kappa shape index (κ2) is 6.98. The zero-order chi connectivity index (χ0) is 15.3. The molecule has 0 saturated carbocycles. The Morgan fingerprint density at radius 3 is 2.60 bits per heavy atom. The summed E-state index contributed by atoms with van der Waals surface area (Å²) in [6.45, 7) is 2.72. The molecule has 1 rings (SSSR count). The van der Waals surface area contributed by atoms with Gasteiger partial charge in [-0.3, -0.25) is 10.1 Å². The van der Waals surface area contributed by atoms with E-state index in [4.69, 9.17) is 11.6 Å². The lowest BCUT2D eigenvalue weighted by Crippen LogP contribution is -2.32. The molecule has 0 spiro atoms. The number of rotatable bonds is 7. The van der Waals surface area contributed by atoms with Crippen molar-refractivity contribution < 1.29 is 13.3 Å². The average molecular weight is 322 g/mol. The Morgan fingerprint density at radius 2 is 2.05 bits per heavy atom. The molecule has 1 unspecified atom stereocenters. The molecule has 0 saturated heterocycles. The summed E-state index contributed by atoms with van der Waals surface area (Å²) in [5.74, 6) is 0.0762. The Balaban J connectivity index is 2.97. The van der Waals surface area contributed by atoms with E-state index in [-0.39, 0.29) is 28.1 Å². The van der Waals surface area contributed by atoms with E-state index < -0.39 is 14.9 Å². The summed E-state index contributed by atoms with van der Waals surface area (Å²) in [7, 11) is -2.11. The number of hydrogen-bond donors (Lipinski definition) is 2. The minimum atomic E-state index is -3.87. The Hall–Kier alpha value is -1.22. The van der Waals surface area contributed by atoms with Gasteiger partial charge in [-0.15, -0.1) is 0 Å². The molecule has 20 heavy (non-hydrogen) atoms. The van der Waals surface area contributed by atoms with Crippen LogP contribution in [0.1, 0.15) is 6.92 Å². The minimum absolute atomic E-state index is 0.0515. The van der Waals surface area contributed by atoms with Gasteiger partial charge in [0.25, 0.3) is 5.69 Å². The van der Waals surface area contributed by atoms with Gasteiger partial charge in [0.2, 0.25) is 10.0 Å². The number of benzene rings is 1. The van der Waals surface area contributed by atoms with Crippen LogP contribution in [0.2, 0.25) is 5.02 Å². The molecular formula is C11H16ClN3O4S. The second-order valence-electron chi connectivity index (χ2n) is 4.39. The minimum Gasteiger partial charge on any atom is -0.319 e. The zero-order valence-corrected chi connectivity index (χ0v) is 12.7. The number of nitro benzene ring substituents is 1. The number of hydrogen-bond acceptors (Lipinski definition) is 5. The molecule has 7 nitrogen and oxygen atoms in total. The molecule has 0 aliphatic carbocycles. The SMILES string of the molecule is CNCC(C)CNS(=O)(=O)c1cc([N+](=O)[O-])ccc1Cl. The fraction of sp³-hybridized carbons (Fsp3) is 0.455. The average Bonchev–Trinajstić information content (AvgIpc) is 2.37. The Bertz CT molecular complexity index is 591. The van der Waals surface area contributed by atoms with Gasteiger partial charge in [0.1, 0.15) is 4.90 Å². The summed E-state index contributed by atoms with van der Waals surface area (Å²) in [6, 6.07) is 3.31. The Labute approximate surface area is 122 Å². The third-order valence-electron chi connectivity index (χ3n) is 2.59. The topological polar surface area (TPSA) is 101 Å². The molecule has 1 aromatic carbocycles. The van der Waals surface area contributed by atoms with Crippen LogP contribution in [0, 0.1) is 16.0 Å². The van der Waals surface area contributed by atoms with E-state index in [0.717, 1.165) is 12.1 Å². The van der Waals surface area contributed by atoms with E-state index in [9.17, 15) is 18.5 Å². The van der Waals surface area contributed by atoms with Crippen LogP contribution < -0.4 is 10.0 Å². The first-order chi connectivity index (χ1) is 9.27.